The first-order chi connectivity index (χ1) is 4.90. The van der Waals surface area contributed by atoms with Crippen LogP contribution < -0.4 is 10.7 Å². The van der Waals surface area contributed by atoms with Gasteiger partial charge in [0.25, 0.3) is 0 Å². The SMILES string of the molecule is CNN1CC2CNCC2C1. The molecule has 0 bridgehead atoms. The molecule has 0 aromatic heterocycles. The Hall–Kier alpha value is -0.120. The number of rotatable bonds is 1. The fourth-order valence-electron chi connectivity index (χ4n) is 2.04. The van der Waals surface area contributed by atoms with E-state index in [1.165, 1.54) is 26.2 Å². The summed E-state index contributed by atoms with van der Waals surface area (Å²) in [5.74, 6) is 1.82. The maximum atomic E-state index is 3.41. The second-order valence-corrected chi connectivity index (χ2v) is 3.31. The van der Waals surface area contributed by atoms with Gasteiger partial charge < -0.3 is 5.32 Å². The molecule has 0 spiro atoms. The Morgan fingerprint density at radius 1 is 1.30 bits per heavy atom. The molecule has 2 atom stereocenters. The van der Waals surface area contributed by atoms with Crippen LogP contribution in [0.2, 0.25) is 0 Å². The van der Waals surface area contributed by atoms with E-state index in [2.05, 4.69) is 15.8 Å². The van der Waals surface area contributed by atoms with Crippen molar-refractivity contribution in [2.45, 2.75) is 0 Å². The van der Waals surface area contributed by atoms with E-state index in [4.69, 9.17) is 0 Å². The predicted octanol–water partition coefficient (Wildman–Crippen LogP) is -0.728. The summed E-state index contributed by atoms with van der Waals surface area (Å²) in [7, 11) is 2.01. The Kier molecular flexibility index (Phi) is 1.64. The van der Waals surface area contributed by atoms with E-state index >= 15 is 0 Å². The largest absolute Gasteiger partial charge is 0.316 e. The third-order valence-corrected chi connectivity index (χ3v) is 2.71. The molecule has 2 N–H and O–H groups in total. The summed E-state index contributed by atoms with van der Waals surface area (Å²) in [4.78, 5) is 0. The molecular weight excluding hydrogens is 126 g/mol. The molecule has 2 rings (SSSR count). The Labute approximate surface area is 61.7 Å². The highest BCUT2D eigenvalue weighted by Crippen LogP contribution is 2.24. The van der Waals surface area contributed by atoms with Crippen LogP contribution in [0.25, 0.3) is 0 Å². The van der Waals surface area contributed by atoms with Crippen LogP contribution in [0.1, 0.15) is 0 Å². The molecule has 3 heteroatoms. The maximum absolute atomic E-state index is 3.41. The minimum Gasteiger partial charge on any atom is -0.316 e. The second-order valence-electron chi connectivity index (χ2n) is 3.31. The number of hydrogen-bond acceptors (Lipinski definition) is 3. The summed E-state index contributed by atoms with van der Waals surface area (Å²) in [5, 5.41) is 5.73. The van der Waals surface area contributed by atoms with Crippen molar-refractivity contribution in [3.63, 3.8) is 0 Å². The fraction of sp³-hybridized carbons (Fsp3) is 1.00. The van der Waals surface area contributed by atoms with Crippen molar-refractivity contribution in [3.8, 4) is 0 Å². The summed E-state index contributed by atoms with van der Waals surface area (Å²) >= 11 is 0. The van der Waals surface area contributed by atoms with E-state index in [1.807, 2.05) is 7.05 Å². The van der Waals surface area contributed by atoms with Gasteiger partial charge in [-0.05, 0) is 32.0 Å². The molecule has 0 radical (unpaired) electrons. The third kappa shape index (κ3) is 0.944. The number of hydrogen-bond donors (Lipinski definition) is 2. The van der Waals surface area contributed by atoms with Crippen molar-refractivity contribution < 1.29 is 0 Å². The first-order valence-electron chi connectivity index (χ1n) is 4.03. The van der Waals surface area contributed by atoms with Crippen molar-refractivity contribution in [1.29, 1.82) is 0 Å². The summed E-state index contributed by atoms with van der Waals surface area (Å²) < 4.78 is 0. The molecule has 0 aromatic rings. The first kappa shape index (κ1) is 6.58. The van der Waals surface area contributed by atoms with Gasteiger partial charge in [0.2, 0.25) is 0 Å². The van der Waals surface area contributed by atoms with E-state index in [-0.39, 0.29) is 0 Å². The molecule has 2 aliphatic heterocycles. The van der Waals surface area contributed by atoms with Crippen LogP contribution in [0, 0.1) is 11.8 Å². The van der Waals surface area contributed by atoms with Crippen LogP contribution in [-0.4, -0.2) is 38.2 Å². The number of nitrogens with one attached hydrogen (secondary N) is 2. The van der Waals surface area contributed by atoms with Gasteiger partial charge in [-0.25, -0.2) is 5.01 Å². The molecule has 0 aliphatic carbocycles. The normalized spacial score (nSPS) is 40.5. The predicted molar refractivity (Wildman–Crippen MR) is 40.5 cm³/mol. The zero-order chi connectivity index (χ0) is 6.97. The Morgan fingerprint density at radius 3 is 2.40 bits per heavy atom. The Balaban J connectivity index is 1.94. The second kappa shape index (κ2) is 2.49. The molecule has 2 heterocycles. The van der Waals surface area contributed by atoms with Gasteiger partial charge in [0.1, 0.15) is 0 Å². The number of fused-ring (bicyclic) bond motifs is 1. The molecular formula is C7H15N3. The smallest absolute Gasteiger partial charge is 0.0175 e. The van der Waals surface area contributed by atoms with Gasteiger partial charge in [-0.15, -0.1) is 0 Å². The molecule has 0 amide bonds. The lowest BCUT2D eigenvalue weighted by atomic mass is 10.0. The van der Waals surface area contributed by atoms with Crippen LogP contribution in [0.15, 0.2) is 0 Å². The lowest BCUT2D eigenvalue weighted by molar-refractivity contribution is 0.242. The molecule has 2 saturated heterocycles. The highest BCUT2D eigenvalue weighted by atomic mass is 15.5. The average molecular weight is 141 g/mol. The highest BCUT2D eigenvalue weighted by molar-refractivity contribution is 4.89. The van der Waals surface area contributed by atoms with Crippen LogP contribution in [0.4, 0.5) is 0 Å². The zero-order valence-electron chi connectivity index (χ0n) is 6.43. The van der Waals surface area contributed by atoms with Gasteiger partial charge in [0.05, 0.1) is 0 Å². The van der Waals surface area contributed by atoms with E-state index < -0.39 is 0 Å². The van der Waals surface area contributed by atoms with Crippen molar-refractivity contribution in [1.82, 2.24) is 15.8 Å². The topological polar surface area (TPSA) is 27.3 Å². The summed E-state index contributed by atoms with van der Waals surface area (Å²) in [6.45, 7) is 4.91. The maximum Gasteiger partial charge on any atom is 0.0175 e. The van der Waals surface area contributed by atoms with E-state index in [0.29, 0.717) is 0 Å². The molecule has 0 aromatic carbocycles. The molecule has 10 heavy (non-hydrogen) atoms. The summed E-state index contributed by atoms with van der Waals surface area (Å²) in [6, 6.07) is 0. The van der Waals surface area contributed by atoms with Crippen LogP contribution in [0.3, 0.4) is 0 Å². The summed E-state index contributed by atoms with van der Waals surface area (Å²) in [5.41, 5.74) is 3.20. The van der Waals surface area contributed by atoms with Crippen LogP contribution in [0.5, 0.6) is 0 Å². The van der Waals surface area contributed by atoms with Gasteiger partial charge in [0.15, 0.2) is 0 Å². The zero-order valence-corrected chi connectivity index (χ0v) is 6.43. The van der Waals surface area contributed by atoms with Gasteiger partial charge >= 0.3 is 0 Å². The van der Waals surface area contributed by atoms with Gasteiger partial charge in [0, 0.05) is 13.1 Å². The Bertz CT molecular complexity index is 114. The molecule has 2 fully saturated rings. The number of hydrazine groups is 1. The van der Waals surface area contributed by atoms with E-state index in [0.717, 1.165) is 11.8 Å². The molecule has 58 valence electrons. The van der Waals surface area contributed by atoms with Crippen molar-refractivity contribution in [2.24, 2.45) is 11.8 Å². The molecule has 0 saturated carbocycles. The van der Waals surface area contributed by atoms with Gasteiger partial charge in [-0.2, -0.15) is 0 Å². The first-order valence-corrected chi connectivity index (χ1v) is 4.03. The lowest BCUT2D eigenvalue weighted by Crippen LogP contribution is -2.35. The van der Waals surface area contributed by atoms with Gasteiger partial charge in [-0.3, -0.25) is 5.43 Å². The average Bonchev–Trinajstić information content (AvgIpc) is 2.42. The van der Waals surface area contributed by atoms with E-state index in [1.54, 1.807) is 0 Å². The van der Waals surface area contributed by atoms with Crippen molar-refractivity contribution >= 4 is 0 Å². The third-order valence-electron chi connectivity index (χ3n) is 2.71. The Morgan fingerprint density at radius 2 is 1.90 bits per heavy atom. The quantitative estimate of drug-likeness (QED) is 0.504. The number of nitrogens with zero attached hydrogens (tertiary/aromatic N) is 1. The minimum atomic E-state index is 0.910. The van der Waals surface area contributed by atoms with Crippen molar-refractivity contribution in [2.75, 3.05) is 33.2 Å². The van der Waals surface area contributed by atoms with Crippen LogP contribution >= 0.6 is 0 Å². The van der Waals surface area contributed by atoms with Crippen LogP contribution in [-0.2, 0) is 0 Å². The van der Waals surface area contributed by atoms with Crippen molar-refractivity contribution in [3.05, 3.63) is 0 Å². The molecule has 3 nitrogen and oxygen atoms in total. The minimum absolute atomic E-state index is 0.910. The standard InChI is InChI=1S/C7H15N3/c1-8-10-4-6-2-9-3-7(6)5-10/h6-9H,2-5H2,1H3. The molecule has 2 aliphatic rings. The summed E-state index contributed by atoms with van der Waals surface area (Å²) in [6.07, 6.45) is 0. The van der Waals surface area contributed by atoms with E-state index in [9.17, 15) is 0 Å². The van der Waals surface area contributed by atoms with Gasteiger partial charge in [-0.1, -0.05) is 0 Å². The highest BCUT2D eigenvalue weighted by Gasteiger charge is 2.35. The molecule has 2 unspecified atom stereocenters. The lowest BCUT2D eigenvalue weighted by Gasteiger charge is -2.14. The monoisotopic (exact) mass is 141 g/mol. The fourth-order valence-corrected chi connectivity index (χ4v) is 2.04.